The maximum absolute atomic E-state index is 7.43. The third-order valence-electron chi connectivity index (χ3n) is 3.48. The molecule has 1 saturated heterocycles. The second-order valence-corrected chi connectivity index (χ2v) is 5.84. The number of amidine groups is 1. The highest BCUT2D eigenvalue weighted by molar-refractivity contribution is 6.34. The van der Waals surface area contributed by atoms with Gasteiger partial charge in [0, 0.05) is 24.3 Å². The van der Waals surface area contributed by atoms with Crippen LogP contribution in [0.3, 0.4) is 0 Å². The van der Waals surface area contributed by atoms with Crippen molar-refractivity contribution in [2.45, 2.75) is 20.3 Å². The molecule has 3 nitrogen and oxygen atoms in total. The lowest BCUT2D eigenvalue weighted by Crippen LogP contribution is -2.38. The summed E-state index contributed by atoms with van der Waals surface area (Å²) in [7, 11) is 0. The van der Waals surface area contributed by atoms with Crippen LogP contribution >= 0.6 is 11.6 Å². The summed E-state index contributed by atoms with van der Waals surface area (Å²) in [5.74, 6) is 1.44. The predicted octanol–water partition coefficient (Wildman–Crippen LogP) is 3.11. The zero-order valence-electron chi connectivity index (χ0n) is 10.9. The summed E-state index contributed by atoms with van der Waals surface area (Å²) in [5.41, 5.74) is 7.21. The van der Waals surface area contributed by atoms with Crippen LogP contribution in [0.5, 0.6) is 0 Å². The Balaban J connectivity index is 2.23. The van der Waals surface area contributed by atoms with E-state index in [1.54, 1.807) is 0 Å². The fourth-order valence-corrected chi connectivity index (χ4v) is 3.07. The topological polar surface area (TPSA) is 53.1 Å². The quantitative estimate of drug-likeness (QED) is 0.638. The molecule has 0 bridgehead atoms. The molecule has 1 aromatic carbocycles. The van der Waals surface area contributed by atoms with Crippen LogP contribution in [0.1, 0.15) is 25.8 Å². The minimum atomic E-state index is 0.0203. The number of nitrogen functional groups attached to an aromatic ring is 1. The molecule has 0 radical (unpaired) electrons. The number of piperidine rings is 1. The van der Waals surface area contributed by atoms with Crippen molar-refractivity contribution in [3.05, 3.63) is 28.8 Å². The first kappa shape index (κ1) is 13.2. The number of benzene rings is 1. The molecule has 0 aromatic heterocycles. The molecule has 4 heteroatoms. The zero-order chi connectivity index (χ0) is 13.3. The number of hydrogen-bond acceptors (Lipinski definition) is 2. The summed E-state index contributed by atoms with van der Waals surface area (Å²) in [6, 6.07) is 5.76. The van der Waals surface area contributed by atoms with E-state index in [2.05, 4.69) is 18.7 Å². The molecule has 1 aliphatic heterocycles. The molecule has 0 aliphatic carbocycles. The van der Waals surface area contributed by atoms with Crippen LogP contribution in [-0.4, -0.2) is 18.9 Å². The van der Waals surface area contributed by atoms with Gasteiger partial charge < -0.3 is 10.6 Å². The molecule has 0 spiro atoms. The van der Waals surface area contributed by atoms with Crippen molar-refractivity contribution in [3.8, 4) is 0 Å². The molecule has 1 fully saturated rings. The Hall–Kier alpha value is -1.22. The summed E-state index contributed by atoms with van der Waals surface area (Å²) in [6.45, 7) is 6.71. The Kier molecular flexibility index (Phi) is 3.81. The van der Waals surface area contributed by atoms with Crippen LogP contribution in [-0.2, 0) is 0 Å². The van der Waals surface area contributed by atoms with Crippen molar-refractivity contribution >= 4 is 23.1 Å². The predicted molar refractivity (Wildman–Crippen MR) is 77.6 cm³/mol. The molecule has 1 aromatic rings. The van der Waals surface area contributed by atoms with Gasteiger partial charge in [-0.1, -0.05) is 25.4 Å². The number of hydrogen-bond donors (Lipinski definition) is 2. The van der Waals surface area contributed by atoms with Gasteiger partial charge in [0.1, 0.15) is 5.84 Å². The average Bonchev–Trinajstić information content (AvgIpc) is 2.26. The molecule has 1 aliphatic rings. The average molecular weight is 266 g/mol. The fourth-order valence-electron chi connectivity index (χ4n) is 2.79. The largest absolute Gasteiger partial charge is 0.384 e. The van der Waals surface area contributed by atoms with Gasteiger partial charge in [-0.3, -0.25) is 5.41 Å². The van der Waals surface area contributed by atoms with Crippen LogP contribution in [0.15, 0.2) is 18.2 Å². The summed E-state index contributed by atoms with van der Waals surface area (Å²) in [4.78, 5) is 2.37. The van der Waals surface area contributed by atoms with Gasteiger partial charge in [0.2, 0.25) is 0 Å². The summed E-state index contributed by atoms with van der Waals surface area (Å²) >= 11 is 6.17. The molecule has 0 saturated carbocycles. The van der Waals surface area contributed by atoms with Crippen molar-refractivity contribution in [3.63, 3.8) is 0 Å². The SMILES string of the molecule is CC1CC(C)CN(c2ccc(C(=N)N)c(Cl)c2)C1. The van der Waals surface area contributed by atoms with Gasteiger partial charge in [-0.15, -0.1) is 0 Å². The molecule has 98 valence electrons. The zero-order valence-corrected chi connectivity index (χ0v) is 11.7. The summed E-state index contributed by atoms with van der Waals surface area (Å²) in [5, 5.41) is 8.00. The Morgan fingerprint density at radius 3 is 2.44 bits per heavy atom. The van der Waals surface area contributed by atoms with E-state index in [-0.39, 0.29) is 5.84 Å². The minimum absolute atomic E-state index is 0.0203. The lowest BCUT2D eigenvalue weighted by atomic mass is 9.91. The van der Waals surface area contributed by atoms with E-state index in [1.807, 2.05) is 18.2 Å². The maximum atomic E-state index is 7.43. The van der Waals surface area contributed by atoms with E-state index in [0.717, 1.165) is 18.8 Å². The maximum Gasteiger partial charge on any atom is 0.124 e. The van der Waals surface area contributed by atoms with Crippen LogP contribution in [0.2, 0.25) is 5.02 Å². The van der Waals surface area contributed by atoms with Crippen molar-refractivity contribution in [2.75, 3.05) is 18.0 Å². The summed E-state index contributed by atoms with van der Waals surface area (Å²) < 4.78 is 0. The van der Waals surface area contributed by atoms with Crippen LogP contribution in [0.4, 0.5) is 5.69 Å². The van der Waals surface area contributed by atoms with E-state index in [0.29, 0.717) is 22.4 Å². The van der Waals surface area contributed by atoms with Gasteiger partial charge in [0.15, 0.2) is 0 Å². The molecule has 18 heavy (non-hydrogen) atoms. The lowest BCUT2D eigenvalue weighted by molar-refractivity contribution is 0.357. The standard InChI is InChI=1S/C14H20ClN3/c1-9-5-10(2)8-18(7-9)11-3-4-12(14(16)17)13(15)6-11/h3-4,6,9-10H,5,7-8H2,1-2H3,(H3,16,17). The van der Waals surface area contributed by atoms with Gasteiger partial charge in [-0.05, 0) is 36.5 Å². The van der Waals surface area contributed by atoms with Crippen molar-refractivity contribution in [2.24, 2.45) is 17.6 Å². The number of nitrogens with zero attached hydrogens (tertiary/aromatic N) is 1. The van der Waals surface area contributed by atoms with Gasteiger partial charge in [0.25, 0.3) is 0 Å². The van der Waals surface area contributed by atoms with Crippen LogP contribution < -0.4 is 10.6 Å². The second-order valence-electron chi connectivity index (χ2n) is 5.43. The Morgan fingerprint density at radius 2 is 1.94 bits per heavy atom. The van der Waals surface area contributed by atoms with Crippen molar-refractivity contribution in [1.82, 2.24) is 0 Å². The van der Waals surface area contributed by atoms with Gasteiger partial charge in [0.05, 0.1) is 5.02 Å². The third kappa shape index (κ3) is 2.78. The number of nitrogens with two attached hydrogens (primary N) is 1. The fraction of sp³-hybridized carbons (Fsp3) is 0.500. The molecule has 2 rings (SSSR count). The molecule has 0 amide bonds. The number of nitrogens with one attached hydrogen (secondary N) is 1. The summed E-state index contributed by atoms with van der Waals surface area (Å²) in [6.07, 6.45) is 1.29. The first-order valence-corrected chi connectivity index (χ1v) is 6.74. The van der Waals surface area contributed by atoms with Crippen LogP contribution in [0, 0.1) is 17.2 Å². The molecular formula is C14H20ClN3. The molecule has 1 heterocycles. The van der Waals surface area contributed by atoms with Gasteiger partial charge in [-0.2, -0.15) is 0 Å². The Morgan fingerprint density at radius 1 is 1.33 bits per heavy atom. The van der Waals surface area contributed by atoms with Crippen molar-refractivity contribution < 1.29 is 0 Å². The molecule has 2 unspecified atom stereocenters. The van der Waals surface area contributed by atoms with Gasteiger partial charge in [-0.25, -0.2) is 0 Å². The Labute approximate surface area is 113 Å². The highest BCUT2D eigenvalue weighted by Crippen LogP contribution is 2.29. The molecule has 3 N–H and O–H groups in total. The molecular weight excluding hydrogens is 246 g/mol. The number of rotatable bonds is 2. The second kappa shape index (κ2) is 5.19. The number of anilines is 1. The van der Waals surface area contributed by atoms with E-state index in [4.69, 9.17) is 22.7 Å². The number of halogens is 1. The lowest BCUT2D eigenvalue weighted by Gasteiger charge is -2.36. The first-order valence-electron chi connectivity index (χ1n) is 6.36. The van der Waals surface area contributed by atoms with Crippen molar-refractivity contribution in [1.29, 1.82) is 5.41 Å². The van der Waals surface area contributed by atoms with E-state index < -0.39 is 0 Å². The smallest absolute Gasteiger partial charge is 0.124 e. The Bertz CT molecular complexity index is 448. The van der Waals surface area contributed by atoms with Gasteiger partial charge >= 0.3 is 0 Å². The highest BCUT2D eigenvalue weighted by Gasteiger charge is 2.22. The highest BCUT2D eigenvalue weighted by atomic mass is 35.5. The first-order chi connectivity index (χ1) is 8.47. The van der Waals surface area contributed by atoms with E-state index >= 15 is 0 Å². The normalized spacial score (nSPS) is 24.1. The molecule has 2 atom stereocenters. The van der Waals surface area contributed by atoms with Crippen LogP contribution in [0.25, 0.3) is 0 Å². The monoisotopic (exact) mass is 265 g/mol. The van der Waals surface area contributed by atoms with E-state index in [1.165, 1.54) is 6.42 Å². The minimum Gasteiger partial charge on any atom is -0.384 e. The third-order valence-corrected chi connectivity index (χ3v) is 3.79. The van der Waals surface area contributed by atoms with E-state index in [9.17, 15) is 0 Å².